The predicted octanol–water partition coefficient (Wildman–Crippen LogP) is 3.29. The van der Waals surface area contributed by atoms with Crippen molar-refractivity contribution in [3.8, 4) is 11.5 Å². The van der Waals surface area contributed by atoms with Crippen LogP contribution in [-0.4, -0.2) is 26.3 Å². The van der Waals surface area contributed by atoms with Crippen LogP contribution in [0.15, 0.2) is 12.1 Å². The standard InChI is InChI=1S/C14H22ClNO2/c1-14(2,3)16-9-8-10-6-7-11(17-4)13(18-5)12(10)15/h6-7,16H,8-9H2,1-5H3. The summed E-state index contributed by atoms with van der Waals surface area (Å²) in [5.74, 6) is 1.27. The highest BCUT2D eigenvalue weighted by atomic mass is 35.5. The smallest absolute Gasteiger partial charge is 0.179 e. The van der Waals surface area contributed by atoms with Gasteiger partial charge in [-0.15, -0.1) is 0 Å². The van der Waals surface area contributed by atoms with Crippen molar-refractivity contribution in [2.75, 3.05) is 20.8 Å². The quantitative estimate of drug-likeness (QED) is 0.891. The second kappa shape index (κ2) is 6.30. The van der Waals surface area contributed by atoms with Crippen molar-refractivity contribution in [3.05, 3.63) is 22.7 Å². The summed E-state index contributed by atoms with van der Waals surface area (Å²) in [5.41, 5.74) is 1.18. The number of methoxy groups -OCH3 is 2. The molecule has 0 atom stereocenters. The topological polar surface area (TPSA) is 30.5 Å². The molecule has 1 aromatic rings. The van der Waals surface area contributed by atoms with Crippen LogP contribution in [0.25, 0.3) is 0 Å². The van der Waals surface area contributed by atoms with E-state index in [0.29, 0.717) is 16.5 Å². The molecule has 0 radical (unpaired) electrons. The molecule has 0 fully saturated rings. The maximum Gasteiger partial charge on any atom is 0.179 e. The summed E-state index contributed by atoms with van der Waals surface area (Å²) < 4.78 is 10.5. The third-order valence-electron chi connectivity index (χ3n) is 2.61. The van der Waals surface area contributed by atoms with Gasteiger partial charge >= 0.3 is 0 Å². The molecule has 0 aliphatic rings. The van der Waals surface area contributed by atoms with Crippen molar-refractivity contribution in [2.45, 2.75) is 32.7 Å². The fourth-order valence-corrected chi connectivity index (χ4v) is 2.02. The summed E-state index contributed by atoms with van der Waals surface area (Å²) in [6.45, 7) is 7.30. The molecule has 18 heavy (non-hydrogen) atoms. The Morgan fingerprint density at radius 2 is 1.83 bits per heavy atom. The van der Waals surface area contributed by atoms with Gasteiger partial charge in [-0.3, -0.25) is 0 Å². The maximum atomic E-state index is 6.31. The zero-order chi connectivity index (χ0) is 13.8. The molecule has 0 aliphatic heterocycles. The van der Waals surface area contributed by atoms with E-state index in [2.05, 4.69) is 26.1 Å². The van der Waals surface area contributed by atoms with Gasteiger partial charge in [0.05, 0.1) is 19.2 Å². The molecule has 0 saturated heterocycles. The summed E-state index contributed by atoms with van der Waals surface area (Å²) in [6.07, 6.45) is 0.858. The molecule has 1 aromatic carbocycles. The number of ether oxygens (including phenoxy) is 2. The molecule has 0 spiro atoms. The van der Waals surface area contributed by atoms with E-state index in [-0.39, 0.29) is 5.54 Å². The van der Waals surface area contributed by atoms with Crippen LogP contribution in [0.2, 0.25) is 5.02 Å². The average Bonchev–Trinajstić information content (AvgIpc) is 2.29. The van der Waals surface area contributed by atoms with Crippen molar-refractivity contribution in [1.29, 1.82) is 0 Å². The van der Waals surface area contributed by atoms with Gasteiger partial charge in [0.1, 0.15) is 0 Å². The van der Waals surface area contributed by atoms with Gasteiger partial charge in [0, 0.05) is 5.54 Å². The maximum absolute atomic E-state index is 6.31. The van der Waals surface area contributed by atoms with E-state index < -0.39 is 0 Å². The minimum atomic E-state index is 0.114. The van der Waals surface area contributed by atoms with E-state index >= 15 is 0 Å². The first kappa shape index (κ1) is 15.1. The normalized spacial score (nSPS) is 11.4. The Bertz CT molecular complexity index is 400. The molecule has 0 bridgehead atoms. The summed E-state index contributed by atoms with van der Waals surface area (Å²) in [5, 5.41) is 4.06. The Hall–Kier alpha value is -0.930. The molecule has 4 heteroatoms. The van der Waals surface area contributed by atoms with Gasteiger partial charge < -0.3 is 14.8 Å². The van der Waals surface area contributed by atoms with Gasteiger partial charge in [-0.25, -0.2) is 0 Å². The number of halogens is 1. The number of hydrogen-bond donors (Lipinski definition) is 1. The van der Waals surface area contributed by atoms with E-state index in [0.717, 1.165) is 18.5 Å². The third kappa shape index (κ3) is 4.07. The van der Waals surface area contributed by atoms with Crippen LogP contribution in [0.4, 0.5) is 0 Å². The highest BCUT2D eigenvalue weighted by Gasteiger charge is 2.14. The molecule has 1 rings (SSSR count). The average molecular weight is 272 g/mol. The summed E-state index contributed by atoms with van der Waals surface area (Å²) in [6, 6.07) is 3.87. The lowest BCUT2D eigenvalue weighted by Crippen LogP contribution is -2.37. The van der Waals surface area contributed by atoms with Gasteiger partial charge in [-0.1, -0.05) is 17.7 Å². The predicted molar refractivity (Wildman–Crippen MR) is 76.0 cm³/mol. The van der Waals surface area contributed by atoms with Crippen molar-refractivity contribution < 1.29 is 9.47 Å². The monoisotopic (exact) mass is 271 g/mol. The van der Waals surface area contributed by atoms with Crippen LogP contribution < -0.4 is 14.8 Å². The molecule has 1 N–H and O–H groups in total. The molecule has 3 nitrogen and oxygen atoms in total. The van der Waals surface area contributed by atoms with E-state index in [1.54, 1.807) is 14.2 Å². The van der Waals surface area contributed by atoms with Crippen LogP contribution in [0, 0.1) is 0 Å². The summed E-state index contributed by atoms with van der Waals surface area (Å²) in [7, 11) is 3.20. The highest BCUT2D eigenvalue weighted by Crippen LogP contribution is 2.37. The van der Waals surface area contributed by atoms with Crippen LogP contribution in [-0.2, 0) is 6.42 Å². The van der Waals surface area contributed by atoms with Gasteiger partial charge in [0.2, 0.25) is 0 Å². The largest absolute Gasteiger partial charge is 0.493 e. The highest BCUT2D eigenvalue weighted by molar-refractivity contribution is 6.33. The molecule has 0 amide bonds. The van der Waals surface area contributed by atoms with Crippen molar-refractivity contribution in [2.24, 2.45) is 0 Å². The lowest BCUT2D eigenvalue weighted by Gasteiger charge is -2.21. The summed E-state index contributed by atoms with van der Waals surface area (Å²) >= 11 is 6.31. The third-order valence-corrected chi connectivity index (χ3v) is 3.03. The lowest BCUT2D eigenvalue weighted by atomic mass is 10.1. The second-order valence-electron chi connectivity index (χ2n) is 5.20. The van der Waals surface area contributed by atoms with Crippen LogP contribution in [0.1, 0.15) is 26.3 Å². The Morgan fingerprint density at radius 1 is 1.17 bits per heavy atom. The first-order valence-electron chi connectivity index (χ1n) is 6.03. The van der Waals surface area contributed by atoms with Crippen LogP contribution in [0.3, 0.4) is 0 Å². The number of rotatable bonds is 5. The number of hydrogen-bond acceptors (Lipinski definition) is 3. The minimum Gasteiger partial charge on any atom is -0.493 e. The minimum absolute atomic E-state index is 0.114. The Balaban J connectivity index is 2.78. The van der Waals surface area contributed by atoms with E-state index in [4.69, 9.17) is 21.1 Å². The van der Waals surface area contributed by atoms with E-state index in [9.17, 15) is 0 Å². The van der Waals surface area contributed by atoms with Gasteiger partial charge in [-0.2, -0.15) is 0 Å². The first-order valence-corrected chi connectivity index (χ1v) is 6.41. The first-order chi connectivity index (χ1) is 8.39. The number of nitrogens with one attached hydrogen (secondary N) is 1. The Labute approximate surface area is 114 Å². The Morgan fingerprint density at radius 3 is 2.33 bits per heavy atom. The molecule has 0 saturated carbocycles. The fourth-order valence-electron chi connectivity index (χ4n) is 1.70. The zero-order valence-electron chi connectivity index (χ0n) is 11.8. The molecule has 102 valence electrons. The van der Waals surface area contributed by atoms with Crippen molar-refractivity contribution in [3.63, 3.8) is 0 Å². The van der Waals surface area contributed by atoms with Gasteiger partial charge in [-0.05, 0) is 45.4 Å². The molecular formula is C14H22ClNO2. The molecule has 0 heterocycles. The molecule has 0 aromatic heterocycles. The Kier molecular flexibility index (Phi) is 5.29. The number of benzene rings is 1. The molecular weight excluding hydrogens is 250 g/mol. The van der Waals surface area contributed by atoms with Crippen LogP contribution >= 0.6 is 11.6 Å². The fraction of sp³-hybridized carbons (Fsp3) is 0.571. The van der Waals surface area contributed by atoms with Crippen molar-refractivity contribution >= 4 is 11.6 Å². The summed E-state index contributed by atoms with van der Waals surface area (Å²) in [4.78, 5) is 0. The lowest BCUT2D eigenvalue weighted by molar-refractivity contribution is 0.354. The molecule has 0 aliphatic carbocycles. The second-order valence-corrected chi connectivity index (χ2v) is 5.58. The van der Waals surface area contributed by atoms with Crippen LogP contribution in [0.5, 0.6) is 11.5 Å². The van der Waals surface area contributed by atoms with E-state index in [1.807, 2.05) is 12.1 Å². The van der Waals surface area contributed by atoms with Gasteiger partial charge in [0.15, 0.2) is 11.5 Å². The molecule has 0 unspecified atom stereocenters. The van der Waals surface area contributed by atoms with Crippen molar-refractivity contribution in [1.82, 2.24) is 5.32 Å². The SMILES string of the molecule is COc1ccc(CCNC(C)(C)C)c(Cl)c1OC. The van der Waals surface area contributed by atoms with E-state index in [1.165, 1.54) is 0 Å². The van der Waals surface area contributed by atoms with Gasteiger partial charge in [0.25, 0.3) is 0 Å². The zero-order valence-corrected chi connectivity index (χ0v) is 12.5.